The van der Waals surface area contributed by atoms with Crippen molar-refractivity contribution in [1.29, 1.82) is 0 Å². The van der Waals surface area contributed by atoms with Crippen molar-refractivity contribution >= 4 is 12.1 Å². The van der Waals surface area contributed by atoms with Crippen LogP contribution >= 0.6 is 0 Å². The second kappa shape index (κ2) is 5.14. The predicted molar refractivity (Wildman–Crippen MR) is 81.4 cm³/mol. The summed E-state index contributed by atoms with van der Waals surface area (Å²) in [4.78, 5) is 23.7. The van der Waals surface area contributed by atoms with Gasteiger partial charge >= 0.3 is 12.1 Å². The summed E-state index contributed by atoms with van der Waals surface area (Å²) >= 11 is 0. The molecule has 2 N–H and O–H groups in total. The van der Waals surface area contributed by atoms with Gasteiger partial charge in [0.15, 0.2) is 0 Å². The van der Waals surface area contributed by atoms with Gasteiger partial charge in [-0.3, -0.25) is 0 Å². The van der Waals surface area contributed by atoms with Gasteiger partial charge in [-0.15, -0.1) is 0 Å². The van der Waals surface area contributed by atoms with Gasteiger partial charge in [-0.05, 0) is 61.7 Å². The molecule has 124 valence electrons. The number of hydrogen-bond donors (Lipinski definition) is 2. The van der Waals surface area contributed by atoms with Crippen LogP contribution in [-0.2, 0) is 9.53 Å². The van der Waals surface area contributed by atoms with Crippen LogP contribution in [0, 0.1) is 23.2 Å². The smallest absolute Gasteiger partial charge is 0.408 e. The summed E-state index contributed by atoms with van der Waals surface area (Å²) < 4.78 is 5.81. The average molecular weight is 309 g/mol. The molecule has 0 saturated heterocycles. The van der Waals surface area contributed by atoms with Crippen molar-refractivity contribution in [3.8, 4) is 0 Å². The lowest BCUT2D eigenvalue weighted by atomic mass is 9.54. The molecule has 4 rings (SSSR count). The van der Waals surface area contributed by atoms with Crippen LogP contribution in [0.5, 0.6) is 0 Å². The second-order valence-corrected chi connectivity index (χ2v) is 8.77. The molecule has 1 unspecified atom stereocenters. The molecular formula is C17H27NO4. The number of carbonyl (C=O) groups is 2. The van der Waals surface area contributed by atoms with E-state index in [9.17, 15) is 14.7 Å². The Bertz CT molecular complexity index is 444. The van der Waals surface area contributed by atoms with E-state index in [2.05, 4.69) is 5.32 Å². The van der Waals surface area contributed by atoms with Crippen molar-refractivity contribution in [2.45, 2.75) is 70.9 Å². The van der Waals surface area contributed by atoms with Crippen molar-refractivity contribution in [3.63, 3.8) is 0 Å². The van der Waals surface area contributed by atoms with Crippen molar-refractivity contribution in [3.05, 3.63) is 0 Å². The van der Waals surface area contributed by atoms with Crippen LogP contribution in [0.1, 0.15) is 59.3 Å². The van der Waals surface area contributed by atoms with E-state index in [0.717, 1.165) is 19.3 Å². The SMILES string of the molecule is CC(C)(C)C(NC(=O)OC12CC3CC(CC(C3)C1)C2)C(=O)O. The zero-order valence-corrected chi connectivity index (χ0v) is 13.7. The van der Waals surface area contributed by atoms with Crippen LogP contribution in [0.25, 0.3) is 0 Å². The monoisotopic (exact) mass is 309 g/mol. The van der Waals surface area contributed by atoms with E-state index < -0.39 is 23.5 Å². The molecule has 0 spiro atoms. The van der Waals surface area contributed by atoms with Gasteiger partial charge in [-0.2, -0.15) is 0 Å². The number of amides is 1. The lowest BCUT2D eigenvalue weighted by molar-refractivity contribution is -0.144. The Kier molecular flexibility index (Phi) is 3.65. The third kappa shape index (κ3) is 2.95. The topological polar surface area (TPSA) is 75.6 Å². The van der Waals surface area contributed by atoms with Gasteiger partial charge < -0.3 is 15.2 Å². The molecule has 4 saturated carbocycles. The molecule has 0 radical (unpaired) electrons. The summed E-state index contributed by atoms with van der Waals surface area (Å²) in [5, 5.41) is 11.9. The van der Waals surface area contributed by atoms with Crippen LogP contribution in [0.4, 0.5) is 4.79 Å². The highest BCUT2D eigenvalue weighted by atomic mass is 16.6. The van der Waals surface area contributed by atoms with Crippen LogP contribution in [0.15, 0.2) is 0 Å². The van der Waals surface area contributed by atoms with Crippen molar-refractivity contribution in [1.82, 2.24) is 5.32 Å². The lowest BCUT2D eigenvalue weighted by Crippen LogP contribution is -2.56. The first-order valence-corrected chi connectivity index (χ1v) is 8.39. The molecule has 22 heavy (non-hydrogen) atoms. The third-order valence-corrected chi connectivity index (χ3v) is 5.67. The van der Waals surface area contributed by atoms with Crippen LogP contribution in [0.3, 0.4) is 0 Å². The minimum absolute atomic E-state index is 0.334. The summed E-state index contributed by atoms with van der Waals surface area (Å²) in [5.74, 6) is 1.06. The normalized spacial score (nSPS) is 37.7. The van der Waals surface area contributed by atoms with E-state index in [4.69, 9.17) is 4.74 Å². The second-order valence-electron chi connectivity index (χ2n) is 8.77. The zero-order valence-electron chi connectivity index (χ0n) is 13.7. The standard InChI is InChI=1S/C17H27NO4/c1-16(2,3)13(14(19)20)18-15(21)22-17-7-10-4-11(8-17)6-12(5-10)9-17/h10-13H,4-9H2,1-3H3,(H,18,21)(H,19,20). The minimum atomic E-state index is -1.02. The number of carboxylic acid groups (broad SMARTS) is 1. The molecule has 4 aliphatic carbocycles. The highest BCUT2D eigenvalue weighted by molar-refractivity contribution is 5.80. The van der Waals surface area contributed by atoms with E-state index in [1.165, 1.54) is 19.3 Å². The third-order valence-electron chi connectivity index (χ3n) is 5.67. The summed E-state index contributed by atoms with van der Waals surface area (Å²) in [6.07, 6.45) is 6.15. The maximum Gasteiger partial charge on any atom is 0.408 e. The van der Waals surface area contributed by atoms with Crippen LogP contribution in [-0.4, -0.2) is 28.8 Å². The Morgan fingerprint density at radius 1 is 1.09 bits per heavy atom. The molecule has 4 fully saturated rings. The quantitative estimate of drug-likeness (QED) is 0.839. The molecule has 0 aliphatic heterocycles. The van der Waals surface area contributed by atoms with E-state index in [1.807, 2.05) is 0 Å². The van der Waals surface area contributed by atoms with Crippen LogP contribution < -0.4 is 5.32 Å². The Balaban J connectivity index is 1.65. The average Bonchev–Trinajstić information content (AvgIpc) is 2.31. The number of nitrogens with one attached hydrogen (secondary N) is 1. The Labute approximate surface area is 131 Å². The molecule has 1 atom stereocenters. The summed E-state index contributed by atoms with van der Waals surface area (Å²) in [5.41, 5.74) is -0.883. The Morgan fingerprint density at radius 2 is 1.55 bits per heavy atom. The zero-order chi connectivity index (χ0) is 16.1. The molecule has 5 heteroatoms. The van der Waals surface area contributed by atoms with Gasteiger partial charge in [0.05, 0.1) is 0 Å². The summed E-state index contributed by atoms with van der Waals surface area (Å²) in [6.45, 7) is 5.41. The van der Waals surface area contributed by atoms with E-state index >= 15 is 0 Å². The number of rotatable bonds is 3. The van der Waals surface area contributed by atoms with E-state index in [1.54, 1.807) is 20.8 Å². The molecule has 1 amide bonds. The fourth-order valence-electron chi connectivity index (χ4n) is 5.15. The lowest BCUT2D eigenvalue weighted by Gasteiger charge is -2.55. The number of alkyl carbamates (subject to hydrolysis) is 1. The van der Waals surface area contributed by atoms with Gasteiger partial charge in [0.1, 0.15) is 11.6 Å². The van der Waals surface area contributed by atoms with E-state index in [0.29, 0.717) is 17.8 Å². The molecular weight excluding hydrogens is 282 g/mol. The molecule has 5 nitrogen and oxygen atoms in total. The molecule has 0 aromatic heterocycles. The number of carbonyl (C=O) groups excluding carboxylic acids is 1. The first-order chi connectivity index (χ1) is 10.2. The number of hydrogen-bond acceptors (Lipinski definition) is 3. The van der Waals surface area contributed by atoms with Crippen molar-refractivity contribution in [2.24, 2.45) is 23.2 Å². The molecule has 0 aromatic rings. The van der Waals surface area contributed by atoms with Gasteiger partial charge in [0.25, 0.3) is 0 Å². The minimum Gasteiger partial charge on any atom is -0.480 e. The molecule has 4 aliphatic rings. The summed E-state index contributed by atoms with van der Waals surface area (Å²) in [7, 11) is 0. The van der Waals surface area contributed by atoms with Crippen molar-refractivity contribution < 1.29 is 19.4 Å². The predicted octanol–water partition coefficient (Wildman–Crippen LogP) is 3.18. The highest BCUT2D eigenvalue weighted by Crippen LogP contribution is 2.57. The maximum atomic E-state index is 12.3. The number of ether oxygens (including phenoxy) is 1. The summed E-state index contributed by atoms with van der Waals surface area (Å²) in [6, 6.07) is -0.936. The van der Waals surface area contributed by atoms with Crippen LogP contribution in [0.2, 0.25) is 0 Å². The van der Waals surface area contributed by atoms with Crippen molar-refractivity contribution in [2.75, 3.05) is 0 Å². The first-order valence-electron chi connectivity index (χ1n) is 8.39. The number of aliphatic carboxylic acids is 1. The van der Waals surface area contributed by atoms with Gasteiger partial charge in [-0.1, -0.05) is 20.8 Å². The first kappa shape index (κ1) is 15.6. The molecule has 0 heterocycles. The molecule has 4 bridgehead atoms. The van der Waals surface area contributed by atoms with E-state index in [-0.39, 0.29) is 5.60 Å². The van der Waals surface area contributed by atoms with Gasteiger partial charge in [0.2, 0.25) is 0 Å². The fraction of sp³-hybridized carbons (Fsp3) is 0.882. The Morgan fingerprint density at radius 3 is 1.91 bits per heavy atom. The van der Waals surface area contributed by atoms with Gasteiger partial charge in [0, 0.05) is 0 Å². The fourth-order valence-corrected chi connectivity index (χ4v) is 5.15. The highest BCUT2D eigenvalue weighted by Gasteiger charge is 2.53. The molecule has 0 aromatic carbocycles. The maximum absolute atomic E-state index is 12.3. The largest absolute Gasteiger partial charge is 0.480 e. The number of carboxylic acids is 1. The van der Waals surface area contributed by atoms with Gasteiger partial charge in [-0.25, -0.2) is 9.59 Å². The Hall–Kier alpha value is -1.26.